The van der Waals surface area contributed by atoms with Gasteiger partial charge in [0.15, 0.2) is 0 Å². The summed E-state index contributed by atoms with van der Waals surface area (Å²) in [5, 5.41) is 9.93. The van der Waals surface area contributed by atoms with Gasteiger partial charge in [0, 0.05) is 5.56 Å². The molecular formula is C19H21NO2. The molecule has 114 valence electrons. The highest BCUT2D eigenvalue weighted by molar-refractivity contribution is 5.99. The summed E-state index contributed by atoms with van der Waals surface area (Å²) < 4.78 is 0. The Balaban J connectivity index is 2.03. The molecule has 1 aliphatic rings. The average molecular weight is 295 g/mol. The summed E-state index contributed by atoms with van der Waals surface area (Å²) in [4.78, 5) is 14.7. The fourth-order valence-electron chi connectivity index (χ4n) is 3.37. The van der Waals surface area contributed by atoms with Gasteiger partial charge >= 0.3 is 0 Å². The molecule has 2 atom stereocenters. The van der Waals surface area contributed by atoms with Gasteiger partial charge in [-0.2, -0.15) is 0 Å². The molecule has 0 saturated carbocycles. The molecule has 0 spiro atoms. The molecule has 0 radical (unpaired) electrons. The van der Waals surface area contributed by atoms with E-state index in [9.17, 15) is 9.90 Å². The van der Waals surface area contributed by atoms with Gasteiger partial charge in [-0.3, -0.25) is 4.79 Å². The zero-order valence-electron chi connectivity index (χ0n) is 12.8. The zero-order valence-corrected chi connectivity index (χ0v) is 12.8. The van der Waals surface area contributed by atoms with E-state index in [0.29, 0.717) is 0 Å². The number of amides is 1. The third-order valence-corrected chi connectivity index (χ3v) is 4.38. The van der Waals surface area contributed by atoms with Crippen LogP contribution in [0.5, 0.6) is 0 Å². The molecule has 22 heavy (non-hydrogen) atoms. The van der Waals surface area contributed by atoms with Crippen molar-refractivity contribution >= 4 is 5.91 Å². The number of carbonyl (C=O) groups is 1. The Hall–Kier alpha value is -2.13. The summed E-state index contributed by atoms with van der Waals surface area (Å²) in [5.41, 5.74) is 2.84. The molecule has 0 fully saturated rings. The molecule has 0 saturated heterocycles. The normalized spacial score (nSPS) is 18.4. The van der Waals surface area contributed by atoms with Crippen molar-refractivity contribution in [1.29, 1.82) is 0 Å². The molecule has 1 amide bonds. The van der Waals surface area contributed by atoms with Crippen molar-refractivity contribution in [2.24, 2.45) is 0 Å². The maximum atomic E-state index is 12.9. The van der Waals surface area contributed by atoms with E-state index in [1.54, 1.807) is 0 Å². The van der Waals surface area contributed by atoms with Crippen molar-refractivity contribution in [3.8, 4) is 0 Å². The number of aliphatic hydroxyl groups excluding tert-OH is 1. The Kier molecular flexibility index (Phi) is 4.25. The van der Waals surface area contributed by atoms with Crippen LogP contribution in [-0.4, -0.2) is 22.5 Å². The van der Waals surface area contributed by atoms with Gasteiger partial charge in [0.2, 0.25) is 0 Å². The fourth-order valence-corrected chi connectivity index (χ4v) is 3.37. The monoisotopic (exact) mass is 295 g/mol. The van der Waals surface area contributed by atoms with Gasteiger partial charge in [0.25, 0.3) is 5.91 Å². The van der Waals surface area contributed by atoms with Gasteiger partial charge in [-0.05, 0) is 23.6 Å². The number of hydrogen-bond acceptors (Lipinski definition) is 2. The smallest absolute Gasteiger partial charge is 0.255 e. The van der Waals surface area contributed by atoms with Gasteiger partial charge in [-0.25, -0.2) is 0 Å². The van der Waals surface area contributed by atoms with E-state index in [1.807, 2.05) is 59.5 Å². The first kappa shape index (κ1) is 14.8. The lowest BCUT2D eigenvalue weighted by Crippen LogP contribution is -2.34. The van der Waals surface area contributed by atoms with E-state index in [2.05, 4.69) is 6.92 Å². The van der Waals surface area contributed by atoms with Gasteiger partial charge < -0.3 is 10.0 Å². The van der Waals surface area contributed by atoms with Crippen LogP contribution in [0.1, 0.15) is 53.3 Å². The number of hydrogen-bond donors (Lipinski definition) is 1. The number of fused-ring (bicyclic) bond motifs is 1. The molecule has 3 nitrogen and oxygen atoms in total. The molecule has 0 unspecified atom stereocenters. The van der Waals surface area contributed by atoms with Gasteiger partial charge in [-0.15, -0.1) is 0 Å². The summed E-state index contributed by atoms with van der Waals surface area (Å²) in [6, 6.07) is 17.3. The van der Waals surface area contributed by atoms with Gasteiger partial charge in [0.1, 0.15) is 0 Å². The Bertz CT molecular complexity index is 651. The zero-order chi connectivity index (χ0) is 15.5. The second-order valence-electron chi connectivity index (χ2n) is 5.71. The van der Waals surface area contributed by atoms with Crippen molar-refractivity contribution in [2.45, 2.75) is 31.8 Å². The maximum Gasteiger partial charge on any atom is 0.255 e. The average Bonchev–Trinajstić information content (AvgIpc) is 2.84. The van der Waals surface area contributed by atoms with Crippen LogP contribution in [0, 0.1) is 0 Å². The molecule has 2 aromatic carbocycles. The number of aliphatic hydroxyl groups is 1. The van der Waals surface area contributed by atoms with Crippen LogP contribution in [0.25, 0.3) is 0 Å². The summed E-state index contributed by atoms with van der Waals surface area (Å²) in [6.07, 6.45) is 1.90. The number of carbonyl (C=O) groups excluding carboxylic acids is 1. The van der Waals surface area contributed by atoms with Crippen molar-refractivity contribution in [1.82, 2.24) is 4.90 Å². The first-order valence-electron chi connectivity index (χ1n) is 7.85. The molecule has 1 heterocycles. The standard InChI is InChI=1S/C19H21NO2/c1-2-8-17-15-11-6-7-12-16(15)19(22)20(17)18(13-21)14-9-4-3-5-10-14/h3-7,9-12,17-18,21H,2,8,13H2,1H3/t17-,18+/m1/s1. The highest BCUT2D eigenvalue weighted by atomic mass is 16.3. The summed E-state index contributed by atoms with van der Waals surface area (Å²) in [5.74, 6) is 0.0250. The minimum Gasteiger partial charge on any atom is -0.394 e. The third-order valence-electron chi connectivity index (χ3n) is 4.38. The second kappa shape index (κ2) is 6.32. The van der Waals surface area contributed by atoms with E-state index in [1.165, 1.54) is 0 Å². The molecule has 0 bridgehead atoms. The van der Waals surface area contributed by atoms with E-state index in [-0.39, 0.29) is 24.6 Å². The van der Waals surface area contributed by atoms with Gasteiger partial charge in [-0.1, -0.05) is 61.9 Å². The minimum absolute atomic E-state index is 0.0250. The number of benzene rings is 2. The lowest BCUT2D eigenvalue weighted by Gasteiger charge is -2.33. The van der Waals surface area contributed by atoms with Crippen molar-refractivity contribution < 1.29 is 9.90 Å². The van der Waals surface area contributed by atoms with Gasteiger partial charge in [0.05, 0.1) is 18.7 Å². The van der Waals surface area contributed by atoms with E-state index < -0.39 is 0 Å². The Morgan fingerprint density at radius 2 is 1.77 bits per heavy atom. The molecule has 2 aromatic rings. The lowest BCUT2D eigenvalue weighted by molar-refractivity contribution is 0.0504. The predicted octanol–water partition coefficient (Wildman–Crippen LogP) is 3.72. The van der Waals surface area contributed by atoms with Crippen LogP contribution >= 0.6 is 0 Å². The van der Waals surface area contributed by atoms with E-state index in [0.717, 1.165) is 29.5 Å². The molecule has 3 rings (SSSR count). The Morgan fingerprint density at radius 3 is 2.45 bits per heavy atom. The topological polar surface area (TPSA) is 40.5 Å². The quantitative estimate of drug-likeness (QED) is 0.913. The summed E-state index contributed by atoms with van der Waals surface area (Å²) in [7, 11) is 0. The van der Waals surface area contributed by atoms with Crippen molar-refractivity contribution in [3.63, 3.8) is 0 Å². The van der Waals surface area contributed by atoms with Crippen LogP contribution in [-0.2, 0) is 0 Å². The Labute approximate surface area is 131 Å². The molecule has 0 aliphatic carbocycles. The molecule has 1 N–H and O–H groups in total. The maximum absolute atomic E-state index is 12.9. The number of rotatable bonds is 5. The first-order valence-corrected chi connectivity index (χ1v) is 7.85. The van der Waals surface area contributed by atoms with Crippen molar-refractivity contribution in [3.05, 3.63) is 71.3 Å². The van der Waals surface area contributed by atoms with Crippen LogP contribution in [0.3, 0.4) is 0 Å². The molecular weight excluding hydrogens is 274 g/mol. The summed E-state index contributed by atoms with van der Waals surface area (Å²) in [6.45, 7) is 2.06. The van der Waals surface area contributed by atoms with E-state index in [4.69, 9.17) is 0 Å². The van der Waals surface area contributed by atoms with E-state index >= 15 is 0 Å². The van der Waals surface area contributed by atoms with Crippen LogP contribution < -0.4 is 0 Å². The van der Waals surface area contributed by atoms with Crippen molar-refractivity contribution in [2.75, 3.05) is 6.61 Å². The molecule has 1 aliphatic heterocycles. The van der Waals surface area contributed by atoms with Crippen LogP contribution in [0.2, 0.25) is 0 Å². The predicted molar refractivity (Wildman–Crippen MR) is 86.5 cm³/mol. The SMILES string of the molecule is CCC[C@@H]1c2ccccc2C(=O)N1[C@@H](CO)c1ccccc1. The minimum atomic E-state index is -0.294. The highest BCUT2D eigenvalue weighted by Crippen LogP contribution is 2.41. The largest absolute Gasteiger partial charge is 0.394 e. The molecule has 3 heteroatoms. The highest BCUT2D eigenvalue weighted by Gasteiger charge is 2.40. The lowest BCUT2D eigenvalue weighted by atomic mass is 9.99. The first-order chi connectivity index (χ1) is 10.8. The second-order valence-corrected chi connectivity index (χ2v) is 5.71. The fraction of sp³-hybridized carbons (Fsp3) is 0.316. The van der Waals surface area contributed by atoms with Crippen LogP contribution in [0.4, 0.5) is 0 Å². The summed E-state index contributed by atoms with van der Waals surface area (Å²) >= 11 is 0. The third kappa shape index (κ3) is 2.42. The number of nitrogens with zero attached hydrogens (tertiary/aromatic N) is 1. The van der Waals surface area contributed by atoms with Crippen LogP contribution in [0.15, 0.2) is 54.6 Å². The molecule has 0 aromatic heterocycles. The Morgan fingerprint density at radius 1 is 1.09 bits per heavy atom.